The Morgan fingerprint density at radius 2 is 2.07 bits per heavy atom. The number of hydrogen-bond donors (Lipinski definition) is 0. The lowest BCUT2D eigenvalue weighted by Crippen LogP contribution is -2.46. The molecule has 0 N–H and O–H groups in total. The molecule has 3 aromatic rings. The lowest BCUT2D eigenvalue weighted by Gasteiger charge is -2.35. The van der Waals surface area contributed by atoms with Gasteiger partial charge in [-0.1, -0.05) is 13.0 Å². The van der Waals surface area contributed by atoms with Gasteiger partial charge in [-0.25, -0.2) is 9.97 Å². The van der Waals surface area contributed by atoms with E-state index in [4.69, 9.17) is 4.98 Å². The Labute approximate surface area is 164 Å². The SMILES string of the molecule is CC1CCc2c(sc3ncnc(N4CCN(Cc5cccnc5)CC4)c23)C1. The number of rotatable bonds is 3. The van der Waals surface area contributed by atoms with E-state index in [-0.39, 0.29) is 0 Å². The molecule has 2 aliphatic rings. The van der Waals surface area contributed by atoms with Gasteiger partial charge in [0.25, 0.3) is 0 Å². The number of piperazine rings is 1. The fourth-order valence-electron chi connectivity index (χ4n) is 4.37. The zero-order valence-corrected chi connectivity index (χ0v) is 16.6. The molecule has 1 aliphatic heterocycles. The summed E-state index contributed by atoms with van der Waals surface area (Å²) in [4.78, 5) is 21.3. The maximum atomic E-state index is 4.73. The van der Waals surface area contributed by atoms with Gasteiger partial charge in [0, 0.05) is 50.0 Å². The smallest absolute Gasteiger partial charge is 0.141 e. The van der Waals surface area contributed by atoms with E-state index in [1.165, 1.54) is 40.6 Å². The summed E-state index contributed by atoms with van der Waals surface area (Å²) < 4.78 is 0. The number of nitrogens with zero attached hydrogens (tertiary/aromatic N) is 5. The zero-order valence-electron chi connectivity index (χ0n) is 15.8. The number of hydrogen-bond acceptors (Lipinski definition) is 6. The third kappa shape index (κ3) is 3.32. The second-order valence-electron chi connectivity index (χ2n) is 7.85. The minimum atomic E-state index is 0.790. The van der Waals surface area contributed by atoms with Crippen LogP contribution in [0, 0.1) is 5.92 Å². The van der Waals surface area contributed by atoms with Gasteiger partial charge in [-0.15, -0.1) is 11.3 Å². The second kappa shape index (κ2) is 7.17. The molecule has 1 fully saturated rings. The average molecular weight is 380 g/mol. The van der Waals surface area contributed by atoms with E-state index in [2.05, 4.69) is 32.8 Å². The fourth-order valence-corrected chi connectivity index (χ4v) is 5.71. The topological polar surface area (TPSA) is 45.2 Å². The first-order valence-electron chi connectivity index (χ1n) is 9.89. The number of thiophene rings is 1. The molecule has 0 spiro atoms. The van der Waals surface area contributed by atoms with Crippen LogP contribution in [0.25, 0.3) is 10.2 Å². The Morgan fingerprint density at radius 3 is 2.89 bits per heavy atom. The summed E-state index contributed by atoms with van der Waals surface area (Å²) in [6.45, 7) is 7.50. The predicted octanol–water partition coefficient (Wildman–Crippen LogP) is 3.53. The number of pyridine rings is 1. The first-order chi connectivity index (χ1) is 13.3. The van der Waals surface area contributed by atoms with Crippen molar-refractivity contribution in [2.75, 3.05) is 31.1 Å². The van der Waals surface area contributed by atoms with Gasteiger partial charge >= 0.3 is 0 Å². The molecule has 0 radical (unpaired) electrons. The number of fused-ring (bicyclic) bond motifs is 3. The van der Waals surface area contributed by atoms with Crippen LogP contribution in [-0.2, 0) is 19.4 Å². The van der Waals surface area contributed by atoms with E-state index in [0.717, 1.165) is 44.5 Å². The third-order valence-electron chi connectivity index (χ3n) is 5.87. The van der Waals surface area contributed by atoms with Crippen molar-refractivity contribution in [1.29, 1.82) is 0 Å². The molecule has 1 saturated heterocycles. The lowest BCUT2D eigenvalue weighted by atomic mass is 9.89. The average Bonchev–Trinajstić information content (AvgIpc) is 3.07. The van der Waals surface area contributed by atoms with Crippen molar-refractivity contribution in [2.45, 2.75) is 32.7 Å². The Bertz CT molecular complexity index is 930. The van der Waals surface area contributed by atoms with E-state index < -0.39 is 0 Å². The van der Waals surface area contributed by atoms with Gasteiger partial charge in [0.1, 0.15) is 17.0 Å². The molecule has 4 heterocycles. The molecule has 5 rings (SSSR count). The summed E-state index contributed by atoms with van der Waals surface area (Å²) >= 11 is 1.89. The molecule has 3 aromatic heterocycles. The monoisotopic (exact) mass is 379 g/mol. The first-order valence-corrected chi connectivity index (χ1v) is 10.7. The summed E-state index contributed by atoms with van der Waals surface area (Å²) in [5.41, 5.74) is 2.82. The minimum absolute atomic E-state index is 0.790. The second-order valence-corrected chi connectivity index (χ2v) is 8.94. The number of aromatic nitrogens is 3. The minimum Gasteiger partial charge on any atom is -0.353 e. The molecule has 140 valence electrons. The Kier molecular flexibility index (Phi) is 4.53. The van der Waals surface area contributed by atoms with Gasteiger partial charge in [-0.2, -0.15) is 0 Å². The third-order valence-corrected chi connectivity index (χ3v) is 7.03. The molecule has 5 nitrogen and oxygen atoms in total. The molecule has 6 heteroatoms. The van der Waals surface area contributed by atoms with Crippen molar-refractivity contribution in [3.8, 4) is 0 Å². The van der Waals surface area contributed by atoms with E-state index in [9.17, 15) is 0 Å². The van der Waals surface area contributed by atoms with Crippen LogP contribution in [0.3, 0.4) is 0 Å². The molecular weight excluding hydrogens is 354 g/mol. The summed E-state index contributed by atoms with van der Waals surface area (Å²) in [5, 5.41) is 1.34. The summed E-state index contributed by atoms with van der Waals surface area (Å²) in [5.74, 6) is 1.95. The molecule has 1 unspecified atom stereocenters. The van der Waals surface area contributed by atoms with E-state index in [1.54, 1.807) is 11.2 Å². The van der Waals surface area contributed by atoms with Crippen LogP contribution < -0.4 is 4.90 Å². The first kappa shape index (κ1) is 17.1. The maximum Gasteiger partial charge on any atom is 0.141 e. The van der Waals surface area contributed by atoms with Crippen molar-refractivity contribution in [1.82, 2.24) is 19.9 Å². The largest absolute Gasteiger partial charge is 0.353 e. The quantitative estimate of drug-likeness (QED) is 0.697. The number of aryl methyl sites for hydroxylation is 1. The molecule has 27 heavy (non-hydrogen) atoms. The van der Waals surface area contributed by atoms with Crippen molar-refractivity contribution in [3.63, 3.8) is 0 Å². The van der Waals surface area contributed by atoms with Gasteiger partial charge in [-0.3, -0.25) is 9.88 Å². The summed E-state index contributed by atoms with van der Waals surface area (Å²) in [6.07, 6.45) is 9.23. The van der Waals surface area contributed by atoms with Crippen molar-refractivity contribution in [3.05, 3.63) is 46.9 Å². The van der Waals surface area contributed by atoms with Crippen molar-refractivity contribution >= 4 is 27.4 Å². The van der Waals surface area contributed by atoms with Crippen LogP contribution in [0.4, 0.5) is 5.82 Å². The fraction of sp³-hybridized carbons (Fsp3) is 0.476. The van der Waals surface area contributed by atoms with Crippen LogP contribution in [0.1, 0.15) is 29.3 Å². The van der Waals surface area contributed by atoms with Gasteiger partial charge < -0.3 is 4.90 Å². The van der Waals surface area contributed by atoms with E-state index in [0.29, 0.717) is 0 Å². The standard InChI is InChI=1S/C21H25N5S/c1-15-4-5-17-18(11-15)27-21-19(17)20(23-14-24-21)26-9-7-25(8-10-26)13-16-3-2-6-22-12-16/h2-3,6,12,14-15H,4-5,7-11,13H2,1H3. The molecule has 0 bridgehead atoms. The highest BCUT2D eigenvalue weighted by molar-refractivity contribution is 7.19. The highest BCUT2D eigenvalue weighted by Gasteiger charge is 2.26. The van der Waals surface area contributed by atoms with Crippen LogP contribution >= 0.6 is 11.3 Å². The van der Waals surface area contributed by atoms with Crippen molar-refractivity contribution < 1.29 is 0 Å². The van der Waals surface area contributed by atoms with Gasteiger partial charge in [0.2, 0.25) is 0 Å². The Morgan fingerprint density at radius 1 is 1.19 bits per heavy atom. The van der Waals surface area contributed by atoms with Gasteiger partial charge in [-0.05, 0) is 42.4 Å². The summed E-state index contributed by atoms with van der Waals surface area (Å²) in [7, 11) is 0. The number of anilines is 1. The Balaban J connectivity index is 1.36. The highest BCUT2D eigenvalue weighted by atomic mass is 32.1. The lowest BCUT2D eigenvalue weighted by molar-refractivity contribution is 0.249. The van der Waals surface area contributed by atoms with Crippen LogP contribution in [0.5, 0.6) is 0 Å². The summed E-state index contributed by atoms with van der Waals surface area (Å²) in [6, 6.07) is 4.18. The Hall–Kier alpha value is -2.05. The molecule has 0 aromatic carbocycles. The van der Waals surface area contributed by atoms with Crippen molar-refractivity contribution in [2.24, 2.45) is 5.92 Å². The molecule has 0 saturated carbocycles. The zero-order chi connectivity index (χ0) is 18.2. The van der Waals surface area contributed by atoms with Crippen LogP contribution in [0.15, 0.2) is 30.9 Å². The molecular formula is C21H25N5S. The molecule has 0 amide bonds. The van der Waals surface area contributed by atoms with E-state index >= 15 is 0 Å². The normalized spacial score (nSPS) is 20.8. The van der Waals surface area contributed by atoms with Gasteiger partial charge in [0.15, 0.2) is 0 Å². The van der Waals surface area contributed by atoms with Gasteiger partial charge in [0.05, 0.1) is 5.39 Å². The predicted molar refractivity (Wildman–Crippen MR) is 110 cm³/mol. The van der Waals surface area contributed by atoms with E-state index in [1.807, 2.05) is 29.8 Å². The molecule has 1 aliphatic carbocycles. The van der Waals surface area contributed by atoms with Crippen LogP contribution in [0.2, 0.25) is 0 Å². The maximum absolute atomic E-state index is 4.73. The van der Waals surface area contributed by atoms with Crippen LogP contribution in [-0.4, -0.2) is 46.0 Å². The molecule has 1 atom stereocenters. The highest BCUT2D eigenvalue weighted by Crippen LogP contribution is 2.40.